The third kappa shape index (κ3) is 3.85. The van der Waals surface area contributed by atoms with Crippen molar-refractivity contribution in [2.75, 3.05) is 13.2 Å². The molecule has 3 rings (SSSR count). The zero-order valence-electron chi connectivity index (χ0n) is 13.9. The molecule has 1 fully saturated rings. The molecule has 1 aromatic carbocycles. The number of hydrogen-bond acceptors (Lipinski definition) is 4. The van der Waals surface area contributed by atoms with Crippen molar-refractivity contribution in [1.29, 1.82) is 0 Å². The molecule has 1 aliphatic rings. The Morgan fingerprint density at radius 1 is 1.24 bits per heavy atom. The number of aryl methyl sites for hydroxylation is 1. The molecule has 2 heterocycles. The number of benzene rings is 1. The van der Waals surface area contributed by atoms with Gasteiger partial charge in [-0.2, -0.15) is 0 Å². The maximum atomic E-state index is 12.3. The lowest BCUT2D eigenvalue weighted by Gasteiger charge is -2.19. The van der Waals surface area contributed by atoms with Gasteiger partial charge in [0.1, 0.15) is 5.69 Å². The summed E-state index contributed by atoms with van der Waals surface area (Å²) < 4.78 is 5.82. The van der Waals surface area contributed by atoms with Crippen LogP contribution in [0.3, 0.4) is 0 Å². The number of carboxylic acids is 1. The molecule has 0 aliphatic carbocycles. The van der Waals surface area contributed by atoms with E-state index in [1.165, 1.54) is 12.1 Å². The standard InChI is InChI=1S/C19H20N2O4/c1-12-15(19(23)24)7-8-16(21-12)18(22)20-11-14-9-10-25-17(14)13-5-3-2-4-6-13/h2-8,14,17H,9-11H2,1H3,(H,20,22)(H,23,24)/t14-,17-/m1/s1. The van der Waals surface area contributed by atoms with Gasteiger partial charge in [0.05, 0.1) is 17.4 Å². The highest BCUT2D eigenvalue weighted by molar-refractivity contribution is 5.94. The predicted octanol–water partition coefficient (Wildman–Crippen LogP) is 2.60. The fourth-order valence-corrected chi connectivity index (χ4v) is 3.08. The molecule has 130 valence electrons. The maximum Gasteiger partial charge on any atom is 0.337 e. The summed E-state index contributed by atoms with van der Waals surface area (Å²) in [5.41, 5.74) is 1.76. The molecular weight excluding hydrogens is 320 g/mol. The predicted molar refractivity (Wildman–Crippen MR) is 91.5 cm³/mol. The maximum absolute atomic E-state index is 12.3. The number of pyridine rings is 1. The van der Waals surface area contributed by atoms with Gasteiger partial charge in [0, 0.05) is 19.1 Å². The Labute approximate surface area is 145 Å². The van der Waals surface area contributed by atoms with Crippen LogP contribution in [0.2, 0.25) is 0 Å². The first-order chi connectivity index (χ1) is 12.1. The van der Waals surface area contributed by atoms with Crippen LogP contribution in [-0.2, 0) is 4.74 Å². The van der Waals surface area contributed by atoms with Crippen molar-refractivity contribution in [3.8, 4) is 0 Å². The molecule has 2 aromatic rings. The number of carboxylic acid groups (broad SMARTS) is 1. The molecule has 6 nitrogen and oxygen atoms in total. The van der Waals surface area contributed by atoms with E-state index < -0.39 is 5.97 Å². The summed E-state index contributed by atoms with van der Waals surface area (Å²) >= 11 is 0. The number of nitrogens with zero attached hydrogens (tertiary/aromatic N) is 1. The second kappa shape index (κ2) is 7.44. The molecule has 1 amide bonds. The molecule has 2 N–H and O–H groups in total. The molecule has 0 bridgehead atoms. The van der Waals surface area contributed by atoms with Crippen molar-refractivity contribution in [1.82, 2.24) is 10.3 Å². The molecule has 25 heavy (non-hydrogen) atoms. The van der Waals surface area contributed by atoms with E-state index in [1.807, 2.05) is 30.3 Å². The van der Waals surface area contributed by atoms with Gasteiger partial charge in [0.15, 0.2) is 0 Å². The Morgan fingerprint density at radius 3 is 2.68 bits per heavy atom. The van der Waals surface area contributed by atoms with Gasteiger partial charge in [-0.25, -0.2) is 9.78 Å². The Kier molecular flexibility index (Phi) is 5.09. The number of aromatic nitrogens is 1. The highest BCUT2D eigenvalue weighted by atomic mass is 16.5. The van der Waals surface area contributed by atoms with E-state index in [2.05, 4.69) is 10.3 Å². The lowest BCUT2D eigenvalue weighted by molar-refractivity contribution is 0.0694. The summed E-state index contributed by atoms with van der Waals surface area (Å²) in [5.74, 6) is -1.16. The zero-order chi connectivity index (χ0) is 17.8. The largest absolute Gasteiger partial charge is 0.478 e. The Bertz CT molecular complexity index is 776. The summed E-state index contributed by atoms with van der Waals surface area (Å²) in [6, 6.07) is 12.8. The second-order valence-electron chi connectivity index (χ2n) is 6.10. The molecular formula is C19H20N2O4. The Balaban J connectivity index is 1.64. The zero-order valence-corrected chi connectivity index (χ0v) is 13.9. The smallest absolute Gasteiger partial charge is 0.337 e. The average molecular weight is 340 g/mol. The number of carbonyl (C=O) groups is 2. The molecule has 0 unspecified atom stereocenters. The molecule has 6 heteroatoms. The highest BCUT2D eigenvalue weighted by Gasteiger charge is 2.30. The van der Waals surface area contributed by atoms with Crippen molar-refractivity contribution < 1.29 is 19.4 Å². The van der Waals surface area contributed by atoms with E-state index in [-0.39, 0.29) is 29.2 Å². The van der Waals surface area contributed by atoms with Crippen LogP contribution >= 0.6 is 0 Å². The summed E-state index contributed by atoms with van der Waals surface area (Å²) in [4.78, 5) is 27.4. The summed E-state index contributed by atoms with van der Waals surface area (Å²) in [6.07, 6.45) is 0.857. The van der Waals surface area contributed by atoms with Gasteiger partial charge in [0.25, 0.3) is 5.91 Å². The van der Waals surface area contributed by atoms with Crippen molar-refractivity contribution in [2.45, 2.75) is 19.4 Å². The lowest BCUT2D eigenvalue weighted by Crippen LogP contribution is -2.31. The molecule has 1 aliphatic heterocycles. The highest BCUT2D eigenvalue weighted by Crippen LogP contribution is 2.33. The normalized spacial score (nSPS) is 19.6. The van der Waals surface area contributed by atoms with E-state index >= 15 is 0 Å². The van der Waals surface area contributed by atoms with Crippen molar-refractivity contribution in [2.24, 2.45) is 5.92 Å². The number of nitrogens with one attached hydrogen (secondary N) is 1. The van der Waals surface area contributed by atoms with Crippen molar-refractivity contribution >= 4 is 11.9 Å². The SMILES string of the molecule is Cc1nc(C(=O)NC[C@H]2CCO[C@@H]2c2ccccc2)ccc1C(=O)O. The van der Waals surface area contributed by atoms with Gasteiger partial charge in [-0.15, -0.1) is 0 Å². The number of amides is 1. The minimum atomic E-state index is -1.05. The molecule has 1 saturated heterocycles. The minimum absolute atomic E-state index is 0.0226. The van der Waals surface area contributed by atoms with Crippen LogP contribution in [0, 0.1) is 12.8 Å². The molecule has 0 saturated carbocycles. The number of ether oxygens (including phenoxy) is 1. The number of rotatable bonds is 5. The van der Waals surface area contributed by atoms with E-state index in [0.717, 1.165) is 12.0 Å². The van der Waals surface area contributed by atoms with Gasteiger partial charge in [-0.1, -0.05) is 30.3 Å². The van der Waals surface area contributed by atoms with Crippen LogP contribution in [0.15, 0.2) is 42.5 Å². The fourth-order valence-electron chi connectivity index (χ4n) is 3.08. The molecule has 0 radical (unpaired) electrons. The van der Waals surface area contributed by atoms with Gasteiger partial charge >= 0.3 is 5.97 Å². The average Bonchev–Trinajstić information content (AvgIpc) is 3.08. The topological polar surface area (TPSA) is 88.5 Å². The quantitative estimate of drug-likeness (QED) is 0.873. The van der Waals surface area contributed by atoms with E-state index in [9.17, 15) is 9.59 Å². The second-order valence-corrected chi connectivity index (χ2v) is 6.10. The van der Waals surface area contributed by atoms with Crippen LogP contribution < -0.4 is 5.32 Å². The van der Waals surface area contributed by atoms with E-state index in [0.29, 0.717) is 18.8 Å². The molecule has 0 spiro atoms. The summed E-state index contributed by atoms with van der Waals surface area (Å²) in [7, 11) is 0. The third-order valence-corrected chi connectivity index (χ3v) is 4.42. The first kappa shape index (κ1) is 17.1. The van der Waals surface area contributed by atoms with Crippen molar-refractivity contribution in [3.63, 3.8) is 0 Å². The fraction of sp³-hybridized carbons (Fsp3) is 0.316. The van der Waals surface area contributed by atoms with Crippen LogP contribution in [-0.4, -0.2) is 35.1 Å². The van der Waals surface area contributed by atoms with E-state index in [4.69, 9.17) is 9.84 Å². The minimum Gasteiger partial charge on any atom is -0.478 e. The van der Waals surface area contributed by atoms with Gasteiger partial charge in [0.2, 0.25) is 0 Å². The van der Waals surface area contributed by atoms with Gasteiger partial charge in [-0.05, 0) is 31.0 Å². The molecule has 2 atom stereocenters. The number of carbonyl (C=O) groups excluding carboxylic acids is 1. The first-order valence-corrected chi connectivity index (χ1v) is 8.22. The Hall–Kier alpha value is -2.73. The number of aromatic carboxylic acids is 1. The van der Waals surface area contributed by atoms with Crippen LogP contribution in [0.5, 0.6) is 0 Å². The van der Waals surface area contributed by atoms with Crippen LogP contribution in [0.25, 0.3) is 0 Å². The van der Waals surface area contributed by atoms with E-state index in [1.54, 1.807) is 6.92 Å². The van der Waals surface area contributed by atoms with Gasteiger partial charge < -0.3 is 15.2 Å². The molecule has 1 aromatic heterocycles. The Morgan fingerprint density at radius 2 is 2.00 bits per heavy atom. The van der Waals surface area contributed by atoms with Crippen LogP contribution in [0.4, 0.5) is 0 Å². The third-order valence-electron chi connectivity index (χ3n) is 4.42. The first-order valence-electron chi connectivity index (χ1n) is 8.22. The summed E-state index contributed by atoms with van der Waals surface area (Å²) in [5, 5.41) is 11.9. The summed E-state index contributed by atoms with van der Waals surface area (Å²) in [6.45, 7) is 2.74. The van der Waals surface area contributed by atoms with Gasteiger partial charge in [-0.3, -0.25) is 4.79 Å². The van der Waals surface area contributed by atoms with Crippen molar-refractivity contribution in [3.05, 3.63) is 65.0 Å². The van der Waals surface area contributed by atoms with Crippen LogP contribution in [0.1, 0.15) is 44.6 Å². The lowest BCUT2D eigenvalue weighted by atomic mass is 9.95. The number of hydrogen-bond donors (Lipinski definition) is 2. The monoisotopic (exact) mass is 340 g/mol.